The van der Waals surface area contributed by atoms with E-state index >= 15 is 0 Å². The fourth-order valence-electron chi connectivity index (χ4n) is 4.36. The summed E-state index contributed by atoms with van der Waals surface area (Å²) < 4.78 is 0. The number of aromatic nitrogens is 1. The van der Waals surface area contributed by atoms with Crippen molar-refractivity contribution in [2.75, 3.05) is 37.6 Å². The Morgan fingerprint density at radius 2 is 1.83 bits per heavy atom. The molecule has 3 heterocycles. The van der Waals surface area contributed by atoms with Gasteiger partial charge in [0.1, 0.15) is 5.41 Å². The lowest BCUT2D eigenvalue weighted by Crippen LogP contribution is -2.50. The third-order valence-corrected chi connectivity index (χ3v) is 6.02. The molecular formula is C22H26N4O3. The molecule has 0 bridgehead atoms. The molecule has 2 atom stereocenters. The fraction of sp³-hybridized carbons (Fsp3) is 0.409. The highest BCUT2D eigenvalue weighted by Gasteiger charge is 2.47. The SMILES string of the molecule is O=C(O)C1(C(=O)c2ccc(N3CCNCC3c3ccncc3)cc2)CCCNC1. The molecule has 152 valence electrons. The number of carbonyl (C=O) groups excluding carboxylic acids is 1. The zero-order valence-electron chi connectivity index (χ0n) is 16.3. The van der Waals surface area contributed by atoms with Crippen molar-refractivity contribution in [2.45, 2.75) is 18.9 Å². The molecule has 29 heavy (non-hydrogen) atoms. The zero-order valence-corrected chi connectivity index (χ0v) is 16.3. The van der Waals surface area contributed by atoms with Gasteiger partial charge < -0.3 is 20.6 Å². The van der Waals surface area contributed by atoms with E-state index in [2.05, 4.69) is 20.5 Å². The Bertz CT molecular complexity index is 863. The maximum atomic E-state index is 13.1. The Balaban J connectivity index is 1.58. The third kappa shape index (κ3) is 3.75. The van der Waals surface area contributed by atoms with Crippen LogP contribution in [-0.4, -0.2) is 54.6 Å². The number of aliphatic carboxylic acids is 1. The first kappa shape index (κ1) is 19.5. The smallest absolute Gasteiger partial charge is 0.318 e. The highest BCUT2D eigenvalue weighted by atomic mass is 16.4. The Morgan fingerprint density at radius 3 is 2.48 bits per heavy atom. The molecule has 7 heteroatoms. The van der Waals surface area contributed by atoms with Gasteiger partial charge in [0, 0.05) is 49.8 Å². The first-order valence-electron chi connectivity index (χ1n) is 10.1. The van der Waals surface area contributed by atoms with Gasteiger partial charge >= 0.3 is 5.97 Å². The number of hydrogen-bond donors (Lipinski definition) is 3. The Morgan fingerprint density at radius 1 is 1.07 bits per heavy atom. The molecule has 0 amide bonds. The zero-order chi connectivity index (χ0) is 20.3. The van der Waals surface area contributed by atoms with Gasteiger partial charge in [-0.15, -0.1) is 0 Å². The van der Waals surface area contributed by atoms with Crippen LogP contribution in [0.5, 0.6) is 0 Å². The highest BCUT2D eigenvalue weighted by molar-refractivity contribution is 6.12. The van der Waals surface area contributed by atoms with Crippen LogP contribution in [0.4, 0.5) is 5.69 Å². The summed E-state index contributed by atoms with van der Waals surface area (Å²) in [6.07, 6.45) is 4.66. The fourth-order valence-corrected chi connectivity index (χ4v) is 4.36. The molecule has 4 rings (SSSR count). The van der Waals surface area contributed by atoms with E-state index in [1.165, 1.54) is 5.56 Å². The number of hydrogen-bond acceptors (Lipinski definition) is 6. The highest BCUT2D eigenvalue weighted by Crippen LogP contribution is 2.33. The van der Waals surface area contributed by atoms with Crippen LogP contribution in [0.25, 0.3) is 0 Å². The molecular weight excluding hydrogens is 368 g/mol. The summed E-state index contributed by atoms with van der Waals surface area (Å²) in [5.41, 5.74) is 1.30. The monoisotopic (exact) mass is 394 g/mol. The second-order valence-electron chi connectivity index (χ2n) is 7.74. The van der Waals surface area contributed by atoms with Gasteiger partial charge in [0.25, 0.3) is 0 Å². The van der Waals surface area contributed by atoms with Gasteiger partial charge in [0.15, 0.2) is 5.78 Å². The van der Waals surface area contributed by atoms with E-state index < -0.39 is 11.4 Å². The van der Waals surface area contributed by atoms with Gasteiger partial charge in [0.05, 0.1) is 6.04 Å². The molecule has 2 saturated heterocycles. The van der Waals surface area contributed by atoms with Crippen molar-refractivity contribution in [3.05, 3.63) is 59.9 Å². The average Bonchev–Trinajstić information content (AvgIpc) is 2.79. The Labute approximate surface area is 170 Å². The standard InChI is InChI=1S/C22H26N4O3/c27-20(22(21(28)29)8-1-9-25-15-22)17-2-4-18(5-3-17)26-13-12-24-14-19(26)16-6-10-23-11-7-16/h2-7,10-11,19,24-25H,1,8-9,12-15H2,(H,28,29). The molecule has 2 unspecified atom stereocenters. The van der Waals surface area contributed by atoms with E-state index in [1.54, 1.807) is 24.5 Å². The molecule has 2 aliphatic rings. The lowest BCUT2D eigenvalue weighted by atomic mass is 9.74. The molecule has 1 aromatic heterocycles. The number of benzene rings is 1. The number of piperazine rings is 1. The first-order chi connectivity index (χ1) is 14.1. The predicted molar refractivity (Wildman–Crippen MR) is 110 cm³/mol. The summed E-state index contributed by atoms with van der Waals surface area (Å²) in [6, 6.07) is 11.6. The van der Waals surface area contributed by atoms with Gasteiger partial charge in [-0.1, -0.05) is 0 Å². The number of anilines is 1. The van der Waals surface area contributed by atoms with Crippen molar-refractivity contribution < 1.29 is 14.7 Å². The molecule has 2 aliphatic heterocycles. The number of nitrogens with one attached hydrogen (secondary N) is 2. The van der Waals surface area contributed by atoms with Gasteiger partial charge in [-0.2, -0.15) is 0 Å². The van der Waals surface area contributed by atoms with E-state index in [9.17, 15) is 14.7 Å². The number of carboxylic acids is 1. The maximum Gasteiger partial charge on any atom is 0.318 e. The minimum atomic E-state index is -1.37. The number of carbonyl (C=O) groups is 2. The molecule has 0 radical (unpaired) electrons. The normalized spacial score (nSPS) is 24.8. The van der Waals surface area contributed by atoms with Crippen molar-refractivity contribution in [1.82, 2.24) is 15.6 Å². The number of nitrogens with zero attached hydrogens (tertiary/aromatic N) is 2. The molecule has 0 spiro atoms. The van der Waals surface area contributed by atoms with Crippen LogP contribution in [0.1, 0.15) is 34.8 Å². The topological polar surface area (TPSA) is 94.6 Å². The summed E-state index contributed by atoms with van der Waals surface area (Å²) in [5, 5.41) is 16.3. The second kappa shape index (κ2) is 8.31. The van der Waals surface area contributed by atoms with E-state index in [-0.39, 0.29) is 18.4 Å². The van der Waals surface area contributed by atoms with Gasteiger partial charge in [-0.05, 0) is 61.3 Å². The van der Waals surface area contributed by atoms with Crippen LogP contribution in [0.3, 0.4) is 0 Å². The van der Waals surface area contributed by atoms with E-state index in [0.717, 1.165) is 31.9 Å². The molecule has 0 aliphatic carbocycles. The Hall–Kier alpha value is -2.77. The largest absolute Gasteiger partial charge is 0.480 e. The summed E-state index contributed by atoms with van der Waals surface area (Å²) in [6.45, 7) is 3.50. The quantitative estimate of drug-likeness (QED) is 0.526. The van der Waals surface area contributed by atoms with E-state index in [1.807, 2.05) is 24.3 Å². The number of carboxylic acid groups (broad SMARTS) is 1. The van der Waals surface area contributed by atoms with Gasteiger partial charge in [0.2, 0.25) is 0 Å². The lowest BCUT2D eigenvalue weighted by Gasteiger charge is -2.38. The maximum absolute atomic E-state index is 13.1. The van der Waals surface area contributed by atoms with Crippen molar-refractivity contribution in [2.24, 2.45) is 5.41 Å². The van der Waals surface area contributed by atoms with Crippen molar-refractivity contribution in [3.63, 3.8) is 0 Å². The van der Waals surface area contributed by atoms with Crippen LogP contribution >= 0.6 is 0 Å². The minimum Gasteiger partial charge on any atom is -0.480 e. The van der Waals surface area contributed by atoms with Gasteiger partial charge in [-0.25, -0.2) is 0 Å². The van der Waals surface area contributed by atoms with Crippen LogP contribution in [0, 0.1) is 5.41 Å². The predicted octanol–water partition coefficient (Wildman–Crippen LogP) is 1.87. The third-order valence-electron chi connectivity index (χ3n) is 6.02. The van der Waals surface area contributed by atoms with Crippen LogP contribution in [-0.2, 0) is 4.79 Å². The number of rotatable bonds is 5. The molecule has 2 fully saturated rings. The number of piperidine rings is 1. The minimum absolute atomic E-state index is 0.182. The van der Waals surface area contributed by atoms with Gasteiger partial charge in [-0.3, -0.25) is 14.6 Å². The molecule has 2 aromatic rings. The van der Waals surface area contributed by atoms with Crippen molar-refractivity contribution >= 4 is 17.4 Å². The molecule has 0 saturated carbocycles. The summed E-state index contributed by atoms with van der Waals surface area (Å²) in [7, 11) is 0. The number of pyridine rings is 1. The Kier molecular flexibility index (Phi) is 5.60. The van der Waals surface area contributed by atoms with Crippen molar-refractivity contribution in [1.29, 1.82) is 0 Å². The summed E-state index contributed by atoms with van der Waals surface area (Å²) >= 11 is 0. The molecule has 3 N–H and O–H groups in total. The summed E-state index contributed by atoms with van der Waals surface area (Å²) in [4.78, 5) is 31.4. The number of ketones is 1. The second-order valence-corrected chi connectivity index (χ2v) is 7.74. The average molecular weight is 394 g/mol. The number of Topliss-reactive ketones (excluding diaryl/α,β-unsaturated/α-hetero) is 1. The molecule has 1 aromatic carbocycles. The van der Waals surface area contributed by atoms with Crippen molar-refractivity contribution in [3.8, 4) is 0 Å². The lowest BCUT2D eigenvalue weighted by molar-refractivity contribution is -0.146. The van der Waals surface area contributed by atoms with Crippen LogP contribution in [0.15, 0.2) is 48.8 Å². The van der Waals surface area contributed by atoms with Crippen LogP contribution in [0.2, 0.25) is 0 Å². The summed E-state index contributed by atoms with van der Waals surface area (Å²) in [5.74, 6) is -1.35. The van der Waals surface area contributed by atoms with E-state index in [4.69, 9.17) is 0 Å². The molecule has 7 nitrogen and oxygen atoms in total. The first-order valence-corrected chi connectivity index (χ1v) is 10.1. The van der Waals surface area contributed by atoms with E-state index in [0.29, 0.717) is 18.4 Å². The van der Waals surface area contributed by atoms with Crippen LogP contribution < -0.4 is 15.5 Å².